The summed E-state index contributed by atoms with van der Waals surface area (Å²) >= 11 is 0. The number of non-ortho nitro benzene ring substituents is 1. The van der Waals surface area contributed by atoms with Gasteiger partial charge in [-0.15, -0.1) is 0 Å². The van der Waals surface area contributed by atoms with Crippen LogP contribution in [0.3, 0.4) is 0 Å². The molecule has 1 aromatic carbocycles. The molecule has 0 atom stereocenters. The average Bonchev–Trinajstić information content (AvgIpc) is 2.38. The van der Waals surface area contributed by atoms with Gasteiger partial charge in [0, 0.05) is 29.5 Å². The molecule has 0 radical (unpaired) electrons. The van der Waals surface area contributed by atoms with Crippen molar-refractivity contribution in [2.24, 2.45) is 5.11 Å². The quantitative estimate of drug-likeness (QED) is 0.155. The lowest BCUT2D eigenvalue weighted by Gasteiger charge is -2.00. The molecule has 0 aliphatic carbocycles. The summed E-state index contributed by atoms with van der Waals surface area (Å²) in [5.41, 5.74) is 8.48. The van der Waals surface area contributed by atoms with E-state index >= 15 is 0 Å². The van der Waals surface area contributed by atoms with Crippen molar-refractivity contribution in [3.05, 3.63) is 44.3 Å². The van der Waals surface area contributed by atoms with Crippen LogP contribution >= 0.6 is 0 Å². The second kappa shape index (κ2) is 6.78. The summed E-state index contributed by atoms with van der Waals surface area (Å²) in [5, 5.41) is 14.0. The van der Waals surface area contributed by atoms with E-state index in [0.29, 0.717) is 17.7 Å². The van der Waals surface area contributed by atoms with Gasteiger partial charge in [-0.2, -0.15) is 0 Å². The van der Waals surface area contributed by atoms with Crippen LogP contribution in [-0.4, -0.2) is 18.6 Å². The Hall–Kier alpha value is -2.71. The minimum atomic E-state index is -0.506. The molecule has 0 amide bonds. The van der Waals surface area contributed by atoms with Crippen molar-refractivity contribution in [3.63, 3.8) is 0 Å². The first kappa shape index (κ1) is 13.4. The number of rotatable bonds is 4. The Morgan fingerprint density at radius 1 is 1.56 bits per heavy atom. The molecule has 0 aliphatic rings. The molecule has 0 aromatic heterocycles. The Labute approximate surface area is 103 Å². The number of benzene rings is 1. The number of nitrogens with zero attached hydrogens (tertiary/aromatic N) is 4. The van der Waals surface area contributed by atoms with E-state index in [9.17, 15) is 10.1 Å². The summed E-state index contributed by atoms with van der Waals surface area (Å²) in [6, 6.07) is 4.29. The second-order valence-electron chi connectivity index (χ2n) is 3.18. The van der Waals surface area contributed by atoms with Gasteiger partial charge in [-0.3, -0.25) is 10.1 Å². The molecule has 1 aromatic rings. The number of azide groups is 1. The molecular weight excluding hydrogens is 236 g/mol. The summed E-state index contributed by atoms with van der Waals surface area (Å²) < 4.78 is 4.95. The van der Waals surface area contributed by atoms with Gasteiger partial charge >= 0.3 is 0 Å². The van der Waals surface area contributed by atoms with Gasteiger partial charge in [-0.05, 0) is 11.6 Å². The van der Waals surface area contributed by atoms with E-state index in [1.807, 2.05) is 0 Å². The normalized spacial score (nSPS) is 8.72. The number of methoxy groups -OCH3 is 1. The van der Waals surface area contributed by atoms with E-state index in [1.54, 1.807) is 6.07 Å². The number of hydrogen-bond donors (Lipinski definition) is 0. The molecule has 0 N–H and O–H groups in total. The molecule has 1 rings (SSSR count). The van der Waals surface area contributed by atoms with Crippen molar-refractivity contribution in [2.45, 2.75) is 6.42 Å². The SMILES string of the molecule is COc1cc(C#CCCN=[N+]=[N-])cc([N+](=O)[O-])c1. The van der Waals surface area contributed by atoms with Gasteiger partial charge in [0.15, 0.2) is 0 Å². The third kappa shape index (κ3) is 4.04. The Balaban J connectivity index is 2.90. The molecule has 7 nitrogen and oxygen atoms in total. The maximum absolute atomic E-state index is 10.7. The molecule has 0 saturated carbocycles. The van der Waals surface area contributed by atoms with E-state index in [-0.39, 0.29) is 12.2 Å². The van der Waals surface area contributed by atoms with Crippen molar-refractivity contribution in [1.82, 2.24) is 0 Å². The zero-order chi connectivity index (χ0) is 13.4. The number of nitro groups is 1. The van der Waals surface area contributed by atoms with Crippen molar-refractivity contribution < 1.29 is 9.66 Å². The minimum absolute atomic E-state index is 0.0753. The van der Waals surface area contributed by atoms with Crippen LogP contribution in [-0.2, 0) is 0 Å². The number of ether oxygens (including phenoxy) is 1. The Morgan fingerprint density at radius 3 is 2.94 bits per heavy atom. The molecule has 0 spiro atoms. The van der Waals surface area contributed by atoms with Crippen LogP contribution in [0.4, 0.5) is 5.69 Å². The maximum Gasteiger partial charge on any atom is 0.274 e. The predicted molar refractivity (Wildman–Crippen MR) is 65.2 cm³/mol. The Kier molecular flexibility index (Phi) is 5.03. The monoisotopic (exact) mass is 246 g/mol. The molecule has 0 heterocycles. The van der Waals surface area contributed by atoms with Gasteiger partial charge in [0.1, 0.15) is 5.75 Å². The Bertz CT molecular complexity index is 553. The smallest absolute Gasteiger partial charge is 0.274 e. The fraction of sp³-hybridized carbons (Fsp3) is 0.273. The molecule has 0 aliphatic heterocycles. The zero-order valence-electron chi connectivity index (χ0n) is 9.66. The lowest BCUT2D eigenvalue weighted by Crippen LogP contribution is -1.91. The van der Waals surface area contributed by atoms with Crippen LogP contribution in [0.25, 0.3) is 10.4 Å². The third-order valence-corrected chi connectivity index (χ3v) is 1.97. The van der Waals surface area contributed by atoms with Crippen LogP contribution in [0.2, 0.25) is 0 Å². The average molecular weight is 246 g/mol. The third-order valence-electron chi connectivity index (χ3n) is 1.97. The maximum atomic E-state index is 10.7. The lowest BCUT2D eigenvalue weighted by molar-refractivity contribution is -0.384. The molecular formula is C11H10N4O3. The fourth-order valence-electron chi connectivity index (χ4n) is 1.19. The number of nitro benzene ring substituents is 1. The van der Waals surface area contributed by atoms with Crippen LogP contribution in [0, 0.1) is 22.0 Å². The van der Waals surface area contributed by atoms with Gasteiger partial charge < -0.3 is 4.74 Å². The van der Waals surface area contributed by atoms with E-state index in [0.717, 1.165) is 0 Å². The summed E-state index contributed by atoms with van der Waals surface area (Å²) in [6.45, 7) is 0.273. The number of hydrogen-bond acceptors (Lipinski definition) is 4. The summed E-state index contributed by atoms with van der Waals surface area (Å²) in [5.74, 6) is 5.90. The standard InChI is InChI=1S/C11H10N4O3/c1-18-11-7-9(4-2-3-5-13-14-12)6-10(8-11)15(16)17/h6-8H,3,5H2,1H3. The lowest BCUT2D eigenvalue weighted by atomic mass is 10.2. The van der Waals surface area contributed by atoms with Crippen LogP contribution < -0.4 is 4.74 Å². The molecule has 18 heavy (non-hydrogen) atoms. The molecule has 92 valence electrons. The fourth-order valence-corrected chi connectivity index (χ4v) is 1.19. The molecule has 0 unspecified atom stereocenters. The minimum Gasteiger partial charge on any atom is -0.496 e. The van der Waals surface area contributed by atoms with Crippen molar-refractivity contribution in [3.8, 4) is 17.6 Å². The highest BCUT2D eigenvalue weighted by molar-refractivity contribution is 5.49. The zero-order valence-corrected chi connectivity index (χ0v) is 9.66. The first-order valence-corrected chi connectivity index (χ1v) is 5.00. The van der Waals surface area contributed by atoms with Gasteiger partial charge in [-0.1, -0.05) is 17.0 Å². The van der Waals surface area contributed by atoms with Crippen molar-refractivity contribution in [1.29, 1.82) is 0 Å². The van der Waals surface area contributed by atoms with Crippen LogP contribution in [0.1, 0.15) is 12.0 Å². The van der Waals surface area contributed by atoms with Crippen LogP contribution in [0.5, 0.6) is 5.75 Å². The molecule has 0 bridgehead atoms. The molecule has 7 heteroatoms. The van der Waals surface area contributed by atoms with Gasteiger partial charge in [0.2, 0.25) is 0 Å². The molecule has 0 saturated heterocycles. The largest absolute Gasteiger partial charge is 0.496 e. The summed E-state index contributed by atoms with van der Waals surface area (Å²) in [7, 11) is 1.43. The highest BCUT2D eigenvalue weighted by Crippen LogP contribution is 2.21. The summed E-state index contributed by atoms with van der Waals surface area (Å²) in [6.07, 6.45) is 0.398. The first-order chi connectivity index (χ1) is 8.67. The van der Waals surface area contributed by atoms with Gasteiger partial charge in [-0.25, -0.2) is 0 Å². The van der Waals surface area contributed by atoms with Crippen molar-refractivity contribution >= 4 is 5.69 Å². The van der Waals surface area contributed by atoms with Crippen LogP contribution in [0.15, 0.2) is 23.3 Å². The highest BCUT2D eigenvalue weighted by atomic mass is 16.6. The van der Waals surface area contributed by atoms with E-state index in [4.69, 9.17) is 10.3 Å². The Morgan fingerprint density at radius 2 is 2.33 bits per heavy atom. The highest BCUT2D eigenvalue weighted by Gasteiger charge is 2.08. The topological polar surface area (TPSA) is 101 Å². The van der Waals surface area contributed by atoms with E-state index in [2.05, 4.69) is 21.9 Å². The van der Waals surface area contributed by atoms with E-state index < -0.39 is 4.92 Å². The van der Waals surface area contributed by atoms with Gasteiger partial charge in [0.05, 0.1) is 18.1 Å². The van der Waals surface area contributed by atoms with Gasteiger partial charge in [0.25, 0.3) is 5.69 Å². The molecule has 0 fully saturated rings. The second-order valence-corrected chi connectivity index (χ2v) is 3.18. The predicted octanol–water partition coefficient (Wildman–Crippen LogP) is 2.66. The summed E-state index contributed by atoms with van der Waals surface area (Å²) in [4.78, 5) is 12.8. The first-order valence-electron chi connectivity index (χ1n) is 5.00. The van der Waals surface area contributed by atoms with Crippen molar-refractivity contribution in [2.75, 3.05) is 13.7 Å². The van der Waals surface area contributed by atoms with E-state index in [1.165, 1.54) is 19.2 Å².